The SMILES string of the molecule is CCn1c(COC)c(N)c(=O)n1-c1ccc(F)cc1. The summed E-state index contributed by atoms with van der Waals surface area (Å²) in [6, 6.07) is 5.69. The first-order valence-corrected chi connectivity index (χ1v) is 5.95. The van der Waals surface area contributed by atoms with Gasteiger partial charge in [-0.2, -0.15) is 0 Å². The lowest BCUT2D eigenvalue weighted by Crippen LogP contribution is -2.22. The molecule has 2 aromatic rings. The van der Waals surface area contributed by atoms with Gasteiger partial charge in [-0.3, -0.25) is 9.48 Å². The van der Waals surface area contributed by atoms with Crippen molar-refractivity contribution in [2.24, 2.45) is 0 Å². The Labute approximate surface area is 110 Å². The quantitative estimate of drug-likeness (QED) is 0.911. The van der Waals surface area contributed by atoms with E-state index in [1.54, 1.807) is 23.9 Å². The maximum Gasteiger partial charge on any atom is 0.294 e. The maximum absolute atomic E-state index is 13.0. The highest BCUT2D eigenvalue weighted by atomic mass is 19.1. The van der Waals surface area contributed by atoms with Gasteiger partial charge in [-0.1, -0.05) is 0 Å². The van der Waals surface area contributed by atoms with Crippen LogP contribution >= 0.6 is 0 Å². The molecule has 1 aromatic carbocycles. The molecular formula is C13H16FN3O2. The highest BCUT2D eigenvalue weighted by molar-refractivity contribution is 5.45. The van der Waals surface area contributed by atoms with Gasteiger partial charge in [0.25, 0.3) is 5.56 Å². The minimum absolute atomic E-state index is 0.160. The van der Waals surface area contributed by atoms with Crippen LogP contribution < -0.4 is 11.3 Å². The van der Waals surface area contributed by atoms with Crippen molar-refractivity contribution in [2.45, 2.75) is 20.1 Å². The van der Waals surface area contributed by atoms with Crippen LogP contribution in [0.4, 0.5) is 10.1 Å². The normalized spacial score (nSPS) is 10.9. The molecule has 0 unspecified atom stereocenters. The first-order valence-electron chi connectivity index (χ1n) is 5.95. The summed E-state index contributed by atoms with van der Waals surface area (Å²) in [6.07, 6.45) is 0. The molecule has 0 amide bonds. The highest BCUT2D eigenvalue weighted by Gasteiger charge is 2.17. The zero-order chi connectivity index (χ0) is 14.0. The van der Waals surface area contributed by atoms with Crippen LogP contribution in [0, 0.1) is 5.82 Å². The standard InChI is InChI=1S/C13H16FN3O2/c1-3-16-11(8-19-2)12(15)13(18)17(16)10-6-4-9(14)5-7-10/h4-7H,3,8,15H2,1-2H3. The molecule has 1 aromatic heterocycles. The molecule has 2 rings (SSSR count). The third kappa shape index (κ3) is 2.26. The number of hydrogen-bond acceptors (Lipinski definition) is 3. The van der Waals surface area contributed by atoms with E-state index in [0.29, 0.717) is 17.9 Å². The highest BCUT2D eigenvalue weighted by Crippen LogP contribution is 2.15. The molecule has 0 bridgehead atoms. The van der Waals surface area contributed by atoms with Crippen LogP contribution in [0.3, 0.4) is 0 Å². The van der Waals surface area contributed by atoms with Crippen LogP contribution in [0.25, 0.3) is 5.69 Å². The van der Waals surface area contributed by atoms with E-state index in [4.69, 9.17) is 10.5 Å². The van der Waals surface area contributed by atoms with Gasteiger partial charge in [0.15, 0.2) is 0 Å². The first-order chi connectivity index (χ1) is 9.10. The fourth-order valence-corrected chi connectivity index (χ4v) is 2.07. The third-order valence-electron chi connectivity index (χ3n) is 2.94. The third-order valence-corrected chi connectivity index (χ3v) is 2.94. The molecule has 0 spiro atoms. The number of nitrogens with zero attached hydrogens (tertiary/aromatic N) is 2. The van der Waals surface area contributed by atoms with E-state index in [0.717, 1.165) is 0 Å². The van der Waals surface area contributed by atoms with Gasteiger partial charge in [-0.05, 0) is 31.2 Å². The molecule has 0 atom stereocenters. The number of anilines is 1. The van der Waals surface area contributed by atoms with Crippen molar-refractivity contribution in [3.8, 4) is 5.69 Å². The zero-order valence-corrected chi connectivity index (χ0v) is 10.9. The number of halogens is 1. The molecular weight excluding hydrogens is 249 g/mol. The second-order valence-corrected chi connectivity index (χ2v) is 4.10. The second-order valence-electron chi connectivity index (χ2n) is 4.10. The molecule has 19 heavy (non-hydrogen) atoms. The Morgan fingerprint density at radius 1 is 1.32 bits per heavy atom. The maximum atomic E-state index is 13.0. The van der Waals surface area contributed by atoms with Crippen molar-refractivity contribution in [3.63, 3.8) is 0 Å². The van der Waals surface area contributed by atoms with Gasteiger partial charge >= 0.3 is 0 Å². The van der Waals surface area contributed by atoms with Gasteiger partial charge in [0.1, 0.15) is 11.5 Å². The van der Waals surface area contributed by atoms with E-state index in [9.17, 15) is 9.18 Å². The molecule has 0 saturated carbocycles. The monoisotopic (exact) mass is 265 g/mol. The molecule has 0 aliphatic carbocycles. The van der Waals surface area contributed by atoms with Crippen molar-refractivity contribution in [2.75, 3.05) is 12.8 Å². The number of methoxy groups -OCH3 is 1. The molecule has 0 saturated heterocycles. The number of nitrogens with two attached hydrogens (primary N) is 1. The molecule has 0 fully saturated rings. The minimum atomic E-state index is -0.350. The minimum Gasteiger partial charge on any atom is -0.393 e. The van der Waals surface area contributed by atoms with Crippen molar-refractivity contribution >= 4 is 5.69 Å². The lowest BCUT2D eigenvalue weighted by atomic mass is 10.3. The van der Waals surface area contributed by atoms with Crippen LogP contribution in [0.5, 0.6) is 0 Å². The number of benzene rings is 1. The second kappa shape index (κ2) is 5.27. The Hall–Kier alpha value is -2.08. The molecule has 0 radical (unpaired) electrons. The Balaban J connectivity index is 2.66. The Bertz CT molecular complexity index is 629. The van der Waals surface area contributed by atoms with Gasteiger partial charge < -0.3 is 10.5 Å². The molecule has 102 valence electrons. The average molecular weight is 265 g/mol. The van der Waals surface area contributed by atoms with E-state index in [-0.39, 0.29) is 23.7 Å². The van der Waals surface area contributed by atoms with Gasteiger partial charge in [0.2, 0.25) is 0 Å². The van der Waals surface area contributed by atoms with E-state index in [1.807, 2.05) is 6.92 Å². The number of nitrogen functional groups attached to an aromatic ring is 1. The fraction of sp³-hybridized carbons (Fsp3) is 0.308. The molecule has 6 heteroatoms. The molecule has 5 nitrogen and oxygen atoms in total. The van der Waals surface area contributed by atoms with Crippen LogP contribution in [0.15, 0.2) is 29.1 Å². The molecule has 0 aliphatic rings. The summed E-state index contributed by atoms with van der Waals surface area (Å²) in [7, 11) is 1.54. The number of aromatic nitrogens is 2. The number of ether oxygens (including phenoxy) is 1. The first kappa shape index (κ1) is 13.4. The van der Waals surface area contributed by atoms with Gasteiger partial charge in [-0.15, -0.1) is 0 Å². The zero-order valence-electron chi connectivity index (χ0n) is 10.9. The van der Waals surface area contributed by atoms with Crippen molar-refractivity contribution in [1.29, 1.82) is 0 Å². The smallest absolute Gasteiger partial charge is 0.294 e. The average Bonchev–Trinajstić information content (AvgIpc) is 2.65. The summed E-state index contributed by atoms with van der Waals surface area (Å²) in [5, 5.41) is 0. The molecule has 2 N–H and O–H groups in total. The van der Waals surface area contributed by atoms with E-state index in [2.05, 4.69) is 0 Å². The van der Waals surface area contributed by atoms with Gasteiger partial charge in [0, 0.05) is 13.7 Å². The largest absolute Gasteiger partial charge is 0.393 e. The summed E-state index contributed by atoms with van der Waals surface area (Å²) < 4.78 is 21.2. The van der Waals surface area contributed by atoms with Crippen LogP contribution in [-0.4, -0.2) is 16.5 Å². The lowest BCUT2D eigenvalue weighted by Gasteiger charge is -2.12. The van der Waals surface area contributed by atoms with Crippen molar-refractivity contribution < 1.29 is 9.13 Å². The van der Waals surface area contributed by atoms with Crippen LogP contribution in [0.1, 0.15) is 12.6 Å². The number of rotatable bonds is 4. The van der Waals surface area contributed by atoms with Crippen molar-refractivity contribution in [1.82, 2.24) is 9.36 Å². The Morgan fingerprint density at radius 3 is 2.47 bits per heavy atom. The Kier molecular flexibility index (Phi) is 3.71. The fourth-order valence-electron chi connectivity index (χ4n) is 2.07. The van der Waals surface area contributed by atoms with E-state index in [1.165, 1.54) is 16.8 Å². The van der Waals surface area contributed by atoms with Gasteiger partial charge in [0.05, 0.1) is 18.0 Å². The molecule has 1 heterocycles. The summed E-state index contributed by atoms with van der Waals surface area (Å²) in [6.45, 7) is 2.71. The van der Waals surface area contributed by atoms with Crippen molar-refractivity contribution in [3.05, 3.63) is 46.1 Å². The molecule has 0 aliphatic heterocycles. The van der Waals surface area contributed by atoms with Crippen LogP contribution in [-0.2, 0) is 17.9 Å². The summed E-state index contributed by atoms with van der Waals surface area (Å²) >= 11 is 0. The van der Waals surface area contributed by atoms with Crippen LogP contribution in [0.2, 0.25) is 0 Å². The predicted molar refractivity (Wildman–Crippen MR) is 70.8 cm³/mol. The predicted octanol–water partition coefficient (Wildman–Crippen LogP) is 1.53. The lowest BCUT2D eigenvalue weighted by molar-refractivity contribution is 0.176. The van der Waals surface area contributed by atoms with E-state index >= 15 is 0 Å². The Morgan fingerprint density at radius 2 is 1.95 bits per heavy atom. The van der Waals surface area contributed by atoms with E-state index < -0.39 is 0 Å². The summed E-state index contributed by atoms with van der Waals surface area (Å²) in [4.78, 5) is 12.2. The number of hydrogen-bond donors (Lipinski definition) is 1. The van der Waals surface area contributed by atoms with Gasteiger partial charge in [-0.25, -0.2) is 9.07 Å². The summed E-state index contributed by atoms with van der Waals surface area (Å²) in [5.41, 5.74) is 6.86. The summed E-state index contributed by atoms with van der Waals surface area (Å²) in [5.74, 6) is -0.350. The topological polar surface area (TPSA) is 62.2 Å².